The molecule has 2 amide bonds. The minimum Gasteiger partial charge on any atom is -0.467 e. The van der Waals surface area contributed by atoms with Crippen molar-refractivity contribution in [1.29, 1.82) is 0 Å². The van der Waals surface area contributed by atoms with Crippen molar-refractivity contribution >= 4 is 11.7 Å². The minimum atomic E-state index is -0.513. The van der Waals surface area contributed by atoms with Crippen molar-refractivity contribution in [2.24, 2.45) is 0 Å². The van der Waals surface area contributed by atoms with Crippen LogP contribution in [0.15, 0.2) is 47.1 Å². The topological polar surface area (TPSA) is 65.7 Å². The molecule has 0 spiro atoms. The molecular weight excluding hydrogens is 268 g/mol. The molecule has 0 aliphatic heterocycles. The number of nitrogens with one attached hydrogen (secondary N) is 1. The summed E-state index contributed by atoms with van der Waals surface area (Å²) in [4.78, 5) is 13.9. The molecule has 0 bridgehead atoms. The quantitative estimate of drug-likeness (QED) is 0.886. The van der Waals surface area contributed by atoms with E-state index in [1.165, 1.54) is 0 Å². The zero-order valence-corrected chi connectivity index (χ0v) is 12.2. The Balaban J connectivity index is 1.98. The van der Waals surface area contributed by atoms with Gasteiger partial charge in [0, 0.05) is 12.2 Å². The molecule has 1 aromatic carbocycles. The number of carbonyl (C=O) groups is 1. The zero-order chi connectivity index (χ0) is 15.2. The van der Waals surface area contributed by atoms with E-state index >= 15 is 0 Å². The largest absolute Gasteiger partial charge is 0.467 e. The summed E-state index contributed by atoms with van der Waals surface area (Å²) in [5.74, 6) is 0.747. The number of carbonyl (C=O) groups excluding carboxylic acids is 1. The van der Waals surface area contributed by atoms with Crippen LogP contribution in [-0.2, 0) is 6.54 Å². The van der Waals surface area contributed by atoms with Crippen molar-refractivity contribution in [2.75, 3.05) is 11.9 Å². The van der Waals surface area contributed by atoms with Crippen molar-refractivity contribution < 1.29 is 14.3 Å². The zero-order valence-electron chi connectivity index (χ0n) is 12.2. The second-order valence-corrected chi connectivity index (χ2v) is 4.82. The molecule has 2 rings (SSSR count). The van der Waals surface area contributed by atoms with Crippen LogP contribution in [0.25, 0.3) is 0 Å². The van der Waals surface area contributed by atoms with Crippen molar-refractivity contribution in [3.63, 3.8) is 0 Å². The molecule has 0 saturated carbocycles. The summed E-state index contributed by atoms with van der Waals surface area (Å²) in [5, 5.41) is 12.3. The lowest BCUT2D eigenvalue weighted by molar-refractivity contribution is 0.199. The molecule has 112 valence electrons. The predicted molar refractivity (Wildman–Crippen MR) is 80.9 cm³/mol. The van der Waals surface area contributed by atoms with Crippen LogP contribution in [0.5, 0.6) is 0 Å². The summed E-state index contributed by atoms with van der Waals surface area (Å²) in [6, 6.07) is 10.6. The highest BCUT2D eigenvalue weighted by Crippen LogP contribution is 2.16. The van der Waals surface area contributed by atoms with Gasteiger partial charge in [-0.3, -0.25) is 0 Å². The number of furan rings is 1. The van der Waals surface area contributed by atoms with Gasteiger partial charge in [-0.05, 0) is 43.7 Å². The predicted octanol–water partition coefficient (Wildman–Crippen LogP) is 3.39. The summed E-state index contributed by atoms with van der Waals surface area (Å²) in [5.41, 5.74) is 1.51. The molecule has 21 heavy (non-hydrogen) atoms. The first-order valence-corrected chi connectivity index (χ1v) is 6.96. The van der Waals surface area contributed by atoms with Crippen molar-refractivity contribution in [1.82, 2.24) is 4.90 Å². The maximum atomic E-state index is 12.2. The lowest BCUT2D eigenvalue weighted by Crippen LogP contribution is -2.34. The number of aliphatic hydroxyl groups is 1. The van der Waals surface area contributed by atoms with Crippen LogP contribution in [0.1, 0.15) is 31.3 Å². The molecule has 2 aromatic rings. The Bertz CT molecular complexity index is 562. The van der Waals surface area contributed by atoms with E-state index in [1.807, 2.05) is 13.0 Å². The molecule has 0 saturated heterocycles. The number of rotatable bonds is 5. The van der Waals surface area contributed by atoms with E-state index in [4.69, 9.17) is 4.42 Å². The molecular formula is C16H20N2O3. The fraction of sp³-hybridized carbons (Fsp3) is 0.312. The highest BCUT2D eigenvalue weighted by Gasteiger charge is 2.13. The van der Waals surface area contributed by atoms with E-state index in [0.29, 0.717) is 18.8 Å². The Hall–Kier alpha value is -2.27. The maximum absolute atomic E-state index is 12.2. The van der Waals surface area contributed by atoms with Gasteiger partial charge in [-0.2, -0.15) is 0 Å². The first-order chi connectivity index (χ1) is 10.1. The number of hydrogen-bond acceptors (Lipinski definition) is 3. The normalized spacial score (nSPS) is 12.0. The van der Waals surface area contributed by atoms with E-state index < -0.39 is 6.10 Å². The highest BCUT2D eigenvalue weighted by molar-refractivity contribution is 5.89. The van der Waals surface area contributed by atoms with E-state index in [2.05, 4.69) is 5.32 Å². The van der Waals surface area contributed by atoms with Gasteiger partial charge in [0.15, 0.2) is 0 Å². The third-order valence-electron chi connectivity index (χ3n) is 3.24. The fourth-order valence-corrected chi connectivity index (χ4v) is 1.97. The molecule has 0 aliphatic carbocycles. The molecule has 2 N–H and O–H groups in total. The Labute approximate surface area is 124 Å². The van der Waals surface area contributed by atoms with Crippen LogP contribution in [0.2, 0.25) is 0 Å². The molecule has 0 aliphatic rings. The maximum Gasteiger partial charge on any atom is 0.322 e. The average Bonchev–Trinajstić information content (AvgIpc) is 2.98. The number of aliphatic hydroxyl groups excluding tert-OH is 1. The van der Waals surface area contributed by atoms with E-state index in [0.717, 1.165) is 11.3 Å². The van der Waals surface area contributed by atoms with Crippen molar-refractivity contribution in [3.05, 3.63) is 54.0 Å². The number of anilines is 1. The molecule has 5 heteroatoms. The van der Waals surface area contributed by atoms with Crippen LogP contribution in [-0.4, -0.2) is 22.6 Å². The third-order valence-corrected chi connectivity index (χ3v) is 3.24. The van der Waals surface area contributed by atoms with Gasteiger partial charge in [0.1, 0.15) is 5.76 Å². The van der Waals surface area contributed by atoms with Crippen molar-refractivity contribution in [2.45, 2.75) is 26.5 Å². The van der Waals surface area contributed by atoms with Gasteiger partial charge in [0.05, 0.1) is 18.9 Å². The summed E-state index contributed by atoms with van der Waals surface area (Å²) in [7, 11) is 0. The van der Waals surface area contributed by atoms with Crippen LogP contribution in [0.3, 0.4) is 0 Å². The molecule has 5 nitrogen and oxygen atoms in total. The number of nitrogens with zero attached hydrogens (tertiary/aromatic N) is 1. The monoisotopic (exact) mass is 288 g/mol. The van der Waals surface area contributed by atoms with Crippen LogP contribution in [0.4, 0.5) is 10.5 Å². The number of hydrogen-bond donors (Lipinski definition) is 2. The SMILES string of the molecule is CCN(Cc1ccco1)C(=O)Nc1ccc(C(C)O)cc1. The van der Waals surface area contributed by atoms with Gasteiger partial charge >= 0.3 is 6.03 Å². The number of urea groups is 1. The Morgan fingerprint density at radius 3 is 2.57 bits per heavy atom. The minimum absolute atomic E-state index is 0.182. The van der Waals surface area contributed by atoms with Crippen molar-refractivity contribution in [3.8, 4) is 0 Å². The summed E-state index contributed by atoms with van der Waals surface area (Å²) in [6.45, 7) is 4.63. The second kappa shape index (κ2) is 6.95. The average molecular weight is 288 g/mol. The molecule has 0 fully saturated rings. The molecule has 1 unspecified atom stereocenters. The second-order valence-electron chi connectivity index (χ2n) is 4.82. The molecule has 1 heterocycles. The summed E-state index contributed by atoms with van der Waals surface area (Å²) >= 11 is 0. The van der Waals surface area contributed by atoms with Crippen LogP contribution < -0.4 is 5.32 Å². The first kappa shape index (κ1) is 15.1. The Kier molecular flexibility index (Phi) is 5.00. The van der Waals surface area contributed by atoms with Gasteiger partial charge in [-0.1, -0.05) is 12.1 Å². The van der Waals surface area contributed by atoms with E-state index in [1.54, 1.807) is 48.4 Å². The number of benzene rings is 1. The third kappa shape index (κ3) is 4.10. The van der Waals surface area contributed by atoms with Gasteiger partial charge in [0.25, 0.3) is 0 Å². The van der Waals surface area contributed by atoms with Crippen LogP contribution >= 0.6 is 0 Å². The standard InChI is InChI=1S/C16H20N2O3/c1-3-18(11-15-5-4-10-21-15)16(20)17-14-8-6-13(7-9-14)12(2)19/h4-10,12,19H,3,11H2,1-2H3,(H,17,20). The van der Waals surface area contributed by atoms with E-state index in [9.17, 15) is 9.90 Å². The molecule has 0 radical (unpaired) electrons. The smallest absolute Gasteiger partial charge is 0.322 e. The number of amides is 2. The van der Waals surface area contributed by atoms with Gasteiger partial charge in [-0.15, -0.1) is 0 Å². The Morgan fingerprint density at radius 1 is 1.33 bits per heavy atom. The van der Waals surface area contributed by atoms with Crippen LogP contribution in [0, 0.1) is 0 Å². The van der Waals surface area contributed by atoms with Gasteiger partial charge in [-0.25, -0.2) is 4.79 Å². The van der Waals surface area contributed by atoms with Gasteiger partial charge in [0.2, 0.25) is 0 Å². The summed E-state index contributed by atoms with van der Waals surface area (Å²) in [6.07, 6.45) is 1.08. The molecule has 1 atom stereocenters. The first-order valence-electron chi connectivity index (χ1n) is 6.96. The lowest BCUT2D eigenvalue weighted by atomic mass is 10.1. The fourth-order valence-electron chi connectivity index (χ4n) is 1.97. The van der Waals surface area contributed by atoms with Gasteiger partial charge < -0.3 is 19.7 Å². The Morgan fingerprint density at radius 2 is 2.05 bits per heavy atom. The molecule has 1 aromatic heterocycles. The van der Waals surface area contributed by atoms with E-state index in [-0.39, 0.29) is 6.03 Å². The lowest BCUT2D eigenvalue weighted by Gasteiger charge is -2.20. The summed E-state index contributed by atoms with van der Waals surface area (Å²) < 4.78 is 5.26. The highest BCUT2D eigenvalue weighted by atomic mass is 16.3.